The van der Waals surface area contributed by atoms with Crippen molar-refractivity contribution in [3.05, 3.63) is 16.1 Å². The highest BCUT2D eigenvalue weighted by Gasteiger charge is 2.30. The molecule has 0 spiro atoms. The Balaban J connectivity index is 1.87. The molecule has 1 atom stereocenters. The molecule has 2 heterocycles. The maximum atomic E-state index is 12.0. The van der Waals surface area contributed by atoms with Crippen molar-refractivity contribution in [3.63, 3.8) is 0 Å². The van der Waals surface area contributed by atoms with Crippen molar-refractivity contribution >= 4 is 23.4 Å². The fraction of sp³-hybridized carbons (Fsp3) is 0.643. The van der Waals surface area contributed by atoms with Crippen LogP contribution in [0.3, 0.4) is 0 Å². The lowest BCUT2D eigenvalue weighted by Crippen LogP contribution is -2.35. The maximum Gasteiger partial charge on any atom is 0.410 e. The average molecular weight is 312 g/mol. The minimum Gasteiger partial charge on any atom is -0.476 e. The van der Waals surface area contributed by atoms with Crippen LogP contribution in [0.4, 0.5) is 4.79 Å². The van der Waals surface area contributed by atoms with Gasteiger partial charge in [-0.15, -0.1) is 11.3 Å². The summed E-state index contributed by atoms with van der Waals surface area (Å²) in [7, 11) is 0. The SMILES string of the molecule is CC(C)(C)OC(=O)N1CCC(Cc2nc(C(=O)O)cs2)C1. The monoisotopic (exact) mass is 312 g/mol. The number of carboxylic acid groups (broad SMARTS) is 1. The Morgan fingerprint density at radius 1 is 1.52 bits per heavy atom. The number of carboxylic acids is 1. The fourth-order valence-corrected chi connectivity index (χ4v) is 3.13. The van der Waals surface area contributed by atoms with Gasteiger partial charge in [-0.1, -0.05) is 0 Å². The number of nitrogens with zero attached hydrogens (tertiary/aromatic N) is 2. The van der Waals surface area contributed by atoms with E-state index in [0.29, 0.717) is 25.4 Å². The number of likely N-dealkylation sites (tertiary alicyclic amines) is 1. The molecular formula is C14H20N2O4S. The predicted molar refractivity (Wildman–Crippen MR) is 78.7 cm³/mol. The van der Waals surface area contributed by atoms with E-state index in [4.69, 9.17) is 9.84 Å². The van der Waals surface area contributed by atoms with E-state index in [2.05, 4.69) is 4.98 Å². The normalized spacial score (nSPS) is 18.8. The van der Waals surface area contributed by atoms with Crippen LogP contribution in [0.25, 0.3) is 0 Å². The second-order valence-corrected chi connectivity index (χ2v) is 7.16. The molecule has 0 aliphatic carbocycles. The van der Waals surface area contributed by atoms with Gasteiger partial charge in [-0.2, -0.15) is 0 Å². The zero-order valence-electron chi connectivity index (χ0n) is 12.5. The lowest BCUT2D eigenvalue weighted by molar-refractivity contribution is 0.0288. The molecule has 6 nitrogen and oxygen atoms in total. The first kappa shape index (κ1) is 15.8. The summed E-state index contributed by atoms with van der Waals surface area (Å²) in [6.45, 7) is 6.86. The molecule has 0 saturated carbocycles. The van der Waals surface area contributed by atoms with Gasteiger partial charge in [-0.25, -0.2) is 14.6 Å². The Kier molecular flexibility index (Phi) is 4.51. The molecule has 0 aromatic carbocycles. The Morgan fingerprint density at radius 2 is 2.24 bits per heavy atom. The zero-order chi connectivity index (χ0) is 15.6. The molecule has 0 radical (unpaired) electrons. The molecule has 1 unspecified atom stereocenters. The summed E-state index contributed by atoms with van der Waals surface area (Å²) in [6, 6.07) is 0. The van der Waals surface area contributed by atoms with Gasteiger partial charge in [0.15, 0.2) is 5.69 Å². The molecule has 1 N–H and O–H groups in total. The van der Waals surface area contributed by atoms with Gasteiger partial charge in [-0.3, -0.25) is 0 Å². The minimum absolute atomic E-state index is 0.0944. The van der Waals surface area contributed by atoms with Crippen LogP contribution in [0, 0.1) is 5.92 Å². The van der Waals surface area contributed by atoms with Gasteiger partial charge >= 0.3 is 12.1 Å². The highest BCUT2D eigenvalue weighted by atomic mass is 32.1. The van der Waals surface area contributed by atoms with Crippen LogP contribution in [-0.2, 0) is 11.2 Å². The van der Waals surface area contributed by atoms with Crippen LogP contribution in [0.2, 0.25) is 0 Å². The standard InChI is InChI=1S/C14H20N2O4S/c1-14(2,3)20-13(19)16-5-4-9(7-16)6-11-15-10(8-21-11)12(17)18/h8-9H,4-7H2,1-3H3,(H,17,18). The van der Waals surface area contributed by atoms with Crippen molar-refractivity contribution in [3.8, 4) is 0 Å². The summed E-state index contributed by atoms with van der Waals surface area (Å²) in [5.41, 5.74) is -0.391. The largest absolute Gasteiger partial charge is 0.476 e. The summed E-state index contributed by atoms with van der Waals surface area (Å²) in [4.78, 5) is 28.6. The average Bonchev–Trinajstić information content (AvgIpc) is 2.96. The van der Waals surface area contributed by atoms with Crippen molar-refractivity contribution in [2.45, 2.75) is 39.2 Å². The zero-order valence-corrected chi connectivity index (χ0v) is 13.3. The molecule has 1 aromatic heterocycles. The Bertz CT molecular complexity index is 535. The topological polar surface area (TPSA) is 79.7 Å². The second-order valence-electron chi connectivity index (χ2n) is 6.22. The first-order valence-corrected chi connectivity index (χ1v) is 7.78. The molecule has 1 saturated heterocycles. The van der Waals surface area contributed by atoms with E-state index >= 15 is 0 Å². The van der Waals surface area contributed by atoms with E-state index in [1.54, 1.807) is 10.3 Å². The quantitative estimate of drug-likeness (QED) is 0.928. The molecular weight excluding hydrogens is 292 g/mol. The van der Waals surface area contributed by atoms with E-state index in [-0.39, 0.29) is 11.8 Å². The smallest absolute Gasteiger partial charge is 0.410 e. The molecule has 1 aliphatic rings. The van der Waals surface area contributed by atoms with Gasteiger partial charge in [-0.05, 0) is 33.1 Å². The number of carbonyl (C=O) groups is 2. The number of aromatic carboxylic acids is 1. The maximum absolute atomic E-state index is 12.0. The third kappa shape index (κ3) is 4.42. The highest BCUT2D eigenvalue weighted by Crippen LogP contribution is 2.24. The van der Waals surface area contributed by atoms with Gasteiger partial charge in [0.05, 0.1) is 5.01 Å². The molecule has 0 bridgehead atoms. The van der Waals surface area contributed by atoms with Gasteiger partial charge in [0.25, 0.3) is 0 Å². The van der Waals surface area contributed by atoms with E-state index < -0.39 is 11.6 Å². The Labute approximate surface area is 127 Å². The number of thiazole rings is 1. The second kappa shape index (κ2) is 6.01. The summed E-state index contributed by atoms with van der Waals surface area (Å²) in [5.74, 6) is -0.690. The van der Waals surface area contributed by atoms with E-state index in [9.17, 15) is 9.59 Å². The summed E-state index contributed by atoms with van der Waals surface area (Å²) in [5, 5.41) is 11.2. The van der Waals surface area contributed by atoms with Crippen LogP contribution in [0.1, 0.15) is 42.7 Å². The number of hydrogen-bond donors (Lipinski definition) is 1. The Morgan fingerprint density at radius 3 is 2.81 bits per heavy atom. The van der Waals surface area contributed by atoms with Gasteiger partial charge < -0.3 is 14.7 Å². The molecule has 1 amide bonds. The first-order chi connectivity index (χ1) is 9.74. The van der Waals surface area contributed by atoms with Crippen LogP contribution >= 0.6 is 11.3 Å². The number of aromatic nitrogens is 1. The van der Waals surface area contributed by atoms with Crippen LogP contribution in [0.15, 0.2) is 5.38 Å². The molecule has 1 aromatic rings. The van der Waals surface area contributed by atoms with Crippen molar-refractivity contribution in [1.29, 1.82) is 0 Å². The third-order valence-corrected chi connectivity index (χ3v) is 4.04. The van der Waals surface area contributed by atoms with Crippen LogP contribution < -0.4 is 0 Å². The molecule has 1 fully saturated rings. The number of ether oxygens (including phenoxy) is 1. The fourth-order valence-electron chi connectivity index (χ4n) is 2.24. The highest BCUT2D eigenvalue weighted by molar-refractivity contribution is 7.09. The van der Waals surface area contributed by atoms with E-state index in [0.717, 1.165) is 11.4 Å². The Hall–Kier alpha value is -1.63. The minimum atomic E-state index is -1.00. The van der Waals surface area contributed by atoms with Crippen LogP contribution in [-0.4, -0.2) is 45.7 Å². The molecule has 1 aliphatic heterocycles. The number of carbonyl (C=O) groups excluding carboxylic acids is 1. The molecule has 2 rings (SSSR count). The van der Waals surface area contributed by atoms with Crippen LogP contribution in [0.5, 0.6) is 0 Å². The van der Waals surface area contributed by atoms with Gasteiger partial charge in [0.2, 0.25) is 0 Å². The van der Waals surface area contributed by atoms with Crippen molar-refractivity contribution in [1.82, 2.24) is 9.88 Å². The van der Waals surface area contributed by atoms with Gasteiger partial charge in [0, 0.05) is 24.9 Å². The first-order valence-electron chi connectivity index (χ1n) is 6.90. The molecule has 7 heteroatoms. The predicted octanol–water partition coefficient (Wildman–Crippen LogP) is 2.64. The third-order valence-electron chi connectivity index (χ3n) is 3.17. The van der Waals surface area contributed by atoms with Crippen molar-refractivity contribution in [2.75, 3.05) is 13.1 Å². The van der Waals surface area contributed by atoms with Gasteiger partial charge in [0.1, 0.15) is 5.60 Å². The number of rotatable bonds is 3. The number of amides is 1. The molecule has 116 valence electrons. The van der Waals surface area contributed by atoms with E-state index in [1.807, 2.05) is 20.8 Å². The van der Waals surface area contributed by atoms with E-state index in [1.165, 1.54) is 11.3 Å². The number of hydrogen-bond acceptors (Lipinski definition) is 5. The summed E-state index contributed by atoms with van der Waals surface area (Å²) < 4.78 is 5.35. The summed E-state index contributed by atoms with van der Waals surface area (Å²) >= 11 is 1.36. The lowest BCUT2D eigenvalue weighted by atomic mass is 10.1. The molecule has 21 heavy (non-hydrogen) atoms. The lowest BCUT2D eigenvalue weighted by Gasteiger charge is -2.24. The van der Waals surface area contributed by atoms with Crippen molar-refractivity contribution < 1.29 is 19.4 Å². The van der Waals surface area contributed by atoms with Crippen molar-refractivity contribution in [2.24, 2.45) is 5.92 Å². The summed E-state index contributed by atoms with van der Waals surface area (Å²) in [6.07, 6.45) is 1.31.